The summed E-state index contributed by atoms with van der Waals surface area (Å²) in [6, 6.07) is 18.8. The van der Waals surface area contributed by atoms with Crippen molar-refractivity contribution in [2.75, 3.05) is 0 Å². The largest absolute Gasteiger partial charge is 0.545 e. The lowest BCUT2D eigenvalue weighted by molar-refractivity contribution is -0.254. The number of halogens is 1. The summed E-state index contributed by atoms with van der Waals surface area (Å²) in [7, 11) is 0. The molecule has 0 unspecified atom stereocenters. The topological polar surface area (TPSA) is 66.2 Å². The molecule has 0 radical (unpaired) electrons. The highest BCUT2D eigenvalue weighted by atomic mass is 79.9. The van der Waals surface area contributed by atoms with Crippen LogP contribution in [0, 0.1) is 0 Å². The molecule has 4 aromatic rings. The van der Waals surface area contributed by atoms with E-state index in [1.165, 1.54) is 11.6 Å². The molecule has 0 amide bonds. The van der Waals surface area contributed by atoms with Crippen LogP contribution in [0.1, 0.15) is 42.1 Å². The highest BCUT2D eigenvalue weighted by Gasteiger charge is 2.13. The number of pyridine rings is 1. The Morgan fingerprint density at radius 1 is 1.07 bits per heavy atom. The van der Waals surface area contributed by atoms with E-state index in [2.05, 4.69) is 46.9 Å². The number of carbonyl (C=O) groups excluding carboxylic acids is 1. The van der Waals surface area contributed by atoms with Gasteiger partial charge in [0, 0.05) is 21.0 Å². The molecule has 4 nitrogen and oxygen atoms in total. The van der Waals surface area contributed by atoms with Gasteiger partial charge in [-0.25, -0.2) is 4.98 Å². The Hall–Kier alpha value is -2.92. The number of benzene rings is 2. The van der Waals surface area contributed by atoms with Crippen LogP contribution in [-0.4, -0.2) is 11.0 Å². The second-order valence-corrected chi connectivity index (χ2v) is 8.01. The maximum absolute atomic E-state index is 11.7. The molecule has 0 aliphatic heterocycles. The molecule has 0 N–H and O–H groups in total. The van der Waals surface area contributed by atoms with E-state index in [9.17, 15) is 9.90 Å². The first-order chi connectivity index (χ1) is 14.0. The van der Waals surface area contributed by atoms with E-state index in [4.69, 9.17) is 4.42 Å². The van der Waals surface area contributed by atoms with Gasteiger partial charge >= 0.3 is 0 Å². The van der Waals surface area contributed by atoms with Gasteiger partial charge in [0.15, 0.2) is 5.76 Å². The summed E-state index contributed by atoms with van der Waals surface area (Å²) in [6.45, 7) is 4.38. The van der Waals surface area contributed by atoms with E-state index in [0.717, 1.165) is 16.5 Å². The third kappa shape index (κ3) is 3.83. The van der Waals surface area contributed by atoms with Crippen molar-refractivity contribution < 1.29 is 14.3 Å². The Labute approximate surface area is 177 Å². The zero-order valence-corrected chi connectivity index (χ0v) is 17.7. The summed E-state index contributed by atoms with van der Waals surface area (Å²) in [5, 5.41) is 12.2. The highest BCUT2D eigenvalue weighted by molar-refractivity contribution is 9.10. The fraction of sp³-hybridized carbons (Fsp3) is 0.167. The van der Waals surface area contributed by atoms with Crippen LogP contribution in [0.25, 0.3) is 33.7 Å². The van der Waals surface area contributed by atoms with Crippen molar-refractivity contribution in [3.63, 3.8) is 0 Å². The van der Waals surface area contributed by atoms with Crippen LogP contribution >= 0.6 is 15.9 Å². The predicted octanol–water partition coefficient (Wildman–Crippen LogP) is 5.80. The smallest absolute Gasteiger partial charge is 0.153 e. The monoisotopic (exact) mass is 448 g/mol. The first kappa shape index (κ1) is 19.4. The van der Waals surface area contributed by atoms with E-state index >= 15 is 0 Å². The van der Waals surface area contributed by atoms with Gasteiger partial charge in [0.2, 0.25) is 0 Å². The molecule has 2 aromatic heterocycles. The number of carbonyl (C=O) groups is 1. The van der Waals surface area contributed by atoms with Gasteiger partial charge in [-0.1, -0.05) is 54.0 Å². The number of rotatable bonds is 5. The van der Waals surface area contributed by atoms with Crippen molar-refractivity contribution in [3.05, 3.63) is 76.3 Å². The van der Waals surface area contributed by atoms with Crippen LogP contribution in [0.3, 0.4) is 0 Å². The Balaban J connectivity index is 1.73. The van der Waals surface area contributed by atoms with Crippen LogP contribution in [0.15, 0.2) is 69.6 Å². The summed E-state index contributed by atoms with van der Waals surface area (Å²) < 4.78 is 6.79. The van der Waals surface area contributed by atoms with Crippen molar-refractivity contribution in [3.8, 4) is 22.8 Å². The number of nitrogens with zero attached hydrogens (tertiary/aromatic N) is 1. The van der Waals surface area contributed by atoms with Crippen molar-refractivity contribution in [1.82, 2.24) is 4.98 Å². The third-order valence-electron chi connectivity index (χ3n) is 5.23. The van der Waals surface area contributed by atoms with E-state index in [0.29, 0.717) is 34.0 Å². The molecule has 2 heterocycles. The minimum absolute atomic E-state index is 0.0853. The number of hydrogen-bond acceptors (Lipinski definition) is 4. The van der Waals surface area contributed by atoms with Gasteiger partial charge in [0.25, 0.3) is 0 Å². The Morgan fingerprint density at radius 3 is 2.48 bits per heavy atom. The fourth-order valence-electron chi connectivity index (χ4n) is 3.34. The molecule has 146 valence electrons. The maximum Gasteiger partial charge on any atom is 0.153 e. The number of aromatic nitrogens is 1. The van der Waals surface area contributed by atoms with E-state index < -0.39 is 5.97 Å². The molecule has 0 fully saturated rings. The lowest BCUT2D eigenvalue weighted by Gasteiger charge is -2.10. The SMILES string of the molecule is CC[C@@H](C)c1ccc(-c2ccc(-c3cc(C(=O)[O-])c4cc(Br)ccc4n3)o2)cc1. The second kappa shape index (κ2) is 7.84. The van der Waals surface area contributed by atoms with Crippen molar-refractivity contribution >= 4 is 32.8 Å². The van der Waals surface area contributed by atoms with Gasteiger partial charge in [-0.15, -0.1) is 0 Å². The zero-order valence-electron chi connectivity index (χ0n) is 16.1. The highest BCUT2D eigenvalue weighted by Crippen LogP contribution is 2.31. The van der Waals surface area contributed by atoms with Crippen molar-refractivity contribution in [2.24, 2.45) is 0 Å². The average Bonchev–Trinajstić information content (AvgIpc) is 3.22. The first-order valence-electron chi connectivity index (χ1n) is 9.48. The lowest BCUT2D eigenvalue weighted by atomic mass is 9.97. The molecular weight excluding hydrogens is 430 g/mol. The minimum Gasteiger partial charge on any atom is -0.545 e. The first-order valence-corrected chi connectivity index (χ1v) is 10.3. The summed E-state index contributed by atoms with van der Waals surface area (Å²) in [4.78, 5) is 16.2. The molecule has 0 spiro atoms. The van der Waals surface area contributed by atoms with Gasteiger partial charge in [0.05, 0.1) is 11.5 Å². The zero-order chi connectivity index (χ0) is 20.5. The third-order valence-corrected chi connectivity index (χ3v) is 5.72. The minimum atomic E-state index is -1.25. The summed E-state index contributed by atoms with van der Waals surface area (Å²) in [6.07, 6.45) is 1.09. The quantitative estimate of drug-likeness (QED) is 0.386. The maximum atomic E-state index is 11.7. The number of carboxylic acid groups (broad SMARTS) is 1. The molecule has 0 aliphatic rings. The van der Waals surface area contributed by atoms with Crippen LogP contribution in [0.2, 0.25) is 0 Å². The summed E-state index contributed by atoms with van der Waals surface area (Å²) in [5.41, 5.74) is 3.38. The Kier molecular flexibility index (Phi) is 5.24. The van der Waals surface area contributed by atoms with Crippen LogP contribution < -0.4 is 5.11 Å². The molecule has 0 saturated carbocycles. The molecule has 1 atom stereocenters. The lowest BCUT2D eigenvalue weighted by Crippen LogP contribution is -2.22. The van der Waals surface area contributed by atoms with E-state index in [-0.39, 0.29) is 5.56 Å². The van der Waals surface area contributed by atoms with Gasteiger partial charge in [-0.2, -0.15) is 0 Å². The van der Waals surface area contributed by atoms with Crippen LogP contribution in [-0.2, 0) is 0 Å². The predicted molar refractivity (Wildman–Crippen MR) is 116 cm³/mol. The van der Waals surface area contributed by atoms with Crippen molar-refractivity contribution in [2.45, 2.75) is 26.2 Å². The Bertz CT molecular complexity index is 1190. The van der Waals surface area contributed by atoms with Gasteiger partial charge in [-0.3, -0.25) is 0 Å². The molecular formula is C24H19BrNO3-. The molecule has 29 heavy (non-hydrogen) atoms. The molecule has 5 heteroatoms. The van der Waals surface area contributed by atoms with Gasteiger partial charge in [0.1, 0.15) is 11.5 Å². The second-order valence-electron chi connectivity index (χ2n) is 7.10. The number of furan rings is 1. The van der Waals surface area contributed by atoms with E-state index in [1.807, 2.05) is 30.3 Å². The van der Waals surface area contributed by atoms with Crippen LogP contribution in [0.4, 0.5) is 0 Å². The number of aromatic carboxylic acids is 1. The molecule has 0 saturated heterocycles. The van der Waals surface area contributed by atoms with Gasteiger partial charge in [-0.05, 0) is 54.3 Å². The summed E-state index contributed by atoms with van der Waals surface area (Å²) >= 11 is 3.37. The van der Waals surface area contributed by atoms with E-state index in [1.54, 1.807) is 12.1 Å². The molecule has 2 aromatic carbocycles. The fourth-order valence-corrected chi connectivity index (χ4v) is 3.70. The van der Waals surface area contributed by atoms with Crippen molar-refractivity contribution in [1.29, 1.82) is 0 Å². The molecule has 0 bridgehead atoms. The Morgan fingerprint density at radius 2 is 1.79 bits per heavy atom. The number of hydrogen-bond donors (Lipinski definition) is 0. The normalized spacial score (nSPS) is 12.2. The number of carboxylic acids is 1. The summed E-state index contributed by atoms with van der Waals surface area (Å²) in [5.74, 6) is 0.493. The number of fused-ring (bicyclic) bond motifs is 1. The standard InChI is InChI=1S/C24H20BrNO3/c1-3-14(2)15-4-6-16(7-5-15)22-10-11-23(29-22)21-13-19(24(27)28)18-12-17(25)8-9-20(18)26-21/h4-14H,3H2,1-2H3,(H,27,28)/p-1/t14-/m1/s1. The average molecular weight is 449 g/mol. The molecule has 0 aliphatic carbocycles. The van der Waals surface area contributed by atoms with Gasteiger partial charge < -0.3 is 14.3 Å². The molecule has 4 rings (SSSR count). The van der Waals surface area contributed by atoms with Crippen LogP contribution in [0.5, 0.6) is 0 Å².